The van der Waals surface area contributed by atoms with Crippen molar-refractivity contribution in [1.82, 2.24) is 9.55 Å². The minimum Gasteiger partial charge on any atom is -0.328 e. The molecule has 2 heterocycles. The van der Waals surface area contributed by atoms with Crippen molar-refractivity contribution in [2.75, 3.05) is 5.32 Å². The Hall–Kier alpha value is -2.62. The number of hydrogen-bond acceptors (Lipinski definition) is 2. The molecule has 4 heteroatoms. The van der Waals surface area contributed by atoms with Gasteiger partial charge in [-0.15, -0.1) is 0 Å². The van der Waals surface area contributed by atoms with Crippen LogP contribution in [0.2, 0.25) is 0 Å². The third-order valence-corrected chi connectivity index (χ3v) is 5.38. The van der Waals surface area contributed by atoms with E-state index in [1.165, 1.54) is 36.2 Å². The van der Waals surface area contributed by atoms with Crippen molar-refractivity contribution in [3.63, 3.8) is 0 Å². The third-order valence-electron chi connectivity index (χ3n) is 5.38. The van der Waals surface area contributed by atoms with Gasteiger partial charge in [0.2, 0.25) is 0 Å². The molecule has 2 aromatic carbocycles. The molecule has 27 heavy (non-hydrogen) atoms. The van der Waals surface area contributed by atoms with Gasteiger partial charge >= 0.3 is 0 Å². The summed E-state index contributed by atoms with van der Waals surface area (Å²) in [5.74, 6) is 1.08. The molecular formula is C23H27N3O. The quantitative estimate of drug-likeness (QED) is 0.672. The summed E-state index contributed by atoms with van der Waals surface area (Å²) < 4.78 is 2.33. The normalized spacial score (nSPS) is 14.6. The van der Waals surface area contributed by atoms with Crippen LogP contribution in [-0.2, 0) is 18.4 Å². The van der Waals surface area contributed by atoms with Gasteiger partial charge in [-0.2, -0.15) is 0 Å². The number of anilines is 1. The monoisotopic (exact) mass is 361 g/mol. The third kappa shape index (κ3) is 3.61. The summed E-state index contributed by atoms with van der Waals surface area (Å²) in [6.45, 7) is 7.55. The Kier molecular flexibility index (Phi) is 4.50. The van der Waals surface area contributed by atoms with Crippen molar-refractivity contribution in [1.29, 1.82) is 0 Å². The van der Waals surface area contributed by atoms with Crippen molar-refractivity contribution < 1.29 is 4.79 Å². The fourth-order valence-electron chi connectivity index (χ4n) is 3.75. The van der Waals surface area contributed by atoms with E-state index in [-0.39, 0.29) is 11.3 Å². The van der Waals surface area contributed by atoms with Crippen LogP contribution in [0.1, 0.15) is 61.8 Å². The van der Waals surface area contributed by atoms with Crippen LogP contribution < -0.4 is 5.32 Å². The number of carbonyl (C=O) groups excluding carboxylic acids is 1. The number of carbonyl (C=O) groups is 1. The number of benzene rings is 2. The highest BCUT2D eigenvalue weighted by Gasteiger charge is 2.16. The Morgan fingerprint density at radius 1 is 1.04 bits per heavy atom. The highest BCUT2D eigenvalue weighted by Crippen LogP contribution is 2.25. The van der Waals surface area contributed by atoms with E-state index in [2.05, 4.69) is 36.7 Å². The molecule has 0 saturated carbocycles. The molecule has 0 saturated heterocycles. The minimum absolute atomic E-state index is 0.0825. The van der Waals surface area contributed by atoms with Gasteiger partial charge in [-0.3, -0.25) is 4.79 Å². The van der Waals surface area contributed by atoms with Crippen molar-refractivity contribution in [2.45, 2.75) is 58.4 Å². The van der Waals surface area contributed by atoms with Crippen LogP contribution in [0.3, 0.4) is 0 Å². The highest BCUT2D eigenvalue weighted by atomic mass is 16.1. The zero-order chi connectivity index (χ0) is 19.0. The maximum Gasteiger partial charge on any atom is 0.255 e. The first kappa shape index (κ1) is 17.8. The maximum absolute atomic E-state index is 12.6. The van der Waals surface area contributed by atoms with Crippen LogP contribution in [0.25, 0.3) is 11.0 Å². The molecule has 1 aliphatic heterocycles. The van der Waals surface area contributed by atoms with E-state index >= 15 is 0 Å². The summed E-state index contributed by atoms with van der Waals surface area (Å²) in [7, 11) is 0. The lowest BCUT2D eigenvalue weighted by molar-refractivity contribution is 0.102. The van der Waals surface area contributed by atoms with Gasteiger partial charge in [0.25, 0.3) is 5.91 Å². The fourth-order valence-corrected chi connectivity index (χ4v) is 3.75. The molecule has 1 aromatic heterocycles. The van der Waals surface area contributed by atoms with Crippen LogP contribution in [0.4, 0.5) is 5.69 Å². The first-order valence-electron chi connectivity index (χ1n) is 9.83. The van der Waals surface area contributed by atoms with E-state index in [9.17, 15) is 4.79 Å². The Labute approximate surface area is 160 Å². The number of amides is 1. The van der Waals surface area contributed by atoms with Gasteiger partial charge in [0.1, 0.15) is 5.82 Å². The minimum atomic E-state index is -0.0874. The van der Waals surface area contributed by atoms with Gasteiger partial charge in [-0.1, -0.05) is 39.3 Å². The van der Waals surface area contributed by atoms with Gasteiger partial charge in [0.05, 0.1) is 11.0 Å². The molecule has 0 radical (unpaired) electrons. The summed E-state index contributed by atoms with van der Waals surface area (Å²) in [6.07, 6.45) is 4.72. The number of imidazole rings is 1. The summed E-state index contributed by atoms with van der Waals surface area (Å²) in [5, 5.41) is 3.01. The molecule has 1 aliphatic rings. The summed E-state index contributed by atoms with van der Waals surface area (Å²) in [4.78, 5) is 17.4. The molecule has 3 aromatic rings. The molecule has 0 atom stereocenters. The van der Waals surface area contributed by atoms with Crippen molar-refractivity contribution in [3.8, 4) is 0 Å². The van der Waals surface area contributed by atoms with E-state index in [4.69, 9.17) is 4.98 Å². The Balaban J connectivity index is 1.55. The lowest BCUT2D eigenvalue weighted by Crippen LogP contribution is -2.14. The number of fused-ring (bicyclic) bond motifs is 3. The van der Waals surface area contributed by atoms with E-state index in [1.54, 1.807) is 0 Å². The lowest BCUT2D eigenvalue weighted by atomic mass is 9.87. The molecule has 0 fully saturated rings. The summed E-state index contributed by atoms with van der Waals surface area (Å²) in [6, 6.07) is 13.9. The molecular weight excluding hydrogens is 334 g/mol. The number of rotatable bonds is 2. The van der Waals surface area contributed by atoms with E-state index < -0.39 is 0 Å². The lowest BCUT2D eigenvalue weighted by Gasteiger charge is -2.19. The van der Waals surface area contributed by atoms with Gasteiger partial charge in [0.15, 0.2) is 0 Å². The van der Waals surface area contributed by atoms with Crippen molar-refractivity contribution in [3.05, 3.63) is 59.4 Å². The van der Waals surface area contributed by atoms with E-state index in [1.807, 2.05) is 36.4 Å². The fraction of sp³-hybridized carbons (Fsp3) is 0.391. The van der Waals surface area contributed by atoms with Crippen LogP contribution in [0.15, 0.2) is 42.5 Å². The molecule has 1 N–H and O–H groups in total. The van der Waals surface area contributed by atoms with Gasteiger partial charge in [-0.25, -0.2) is 4.98 Å². The second-order valence-corrected chi connectivity index (χ2v) is 8.48. The topological polar surface area (TPSA) is 46.9 Å². The molecule has 140 valence electrons. The highest BCUT2D eigenvalue weighted by molar-refractivity contribution is 6.05. The second kappa shape index (κ2) is 6.84. The Bertz CT molecular complexity index is 977. The molecule has 1 amide bonds. The second-order valence-electron chi connectivity index (χ2n) is 8.48. The zero-order valence-electron chi connectivity index (χ0n) is 16.4. The van der Waals surface area contributed by atoms with E-state index in [0.29, 0.717) is 5.56 Å². The summed E-state index contributed by atoms with van der Waals surface area (Å²) in [5.41, 5.74) is 4.90. The molecule has 0 aliphatic carbocycles. The number of aryl methyl sites for hydroxylation is 2. The number of nitrogens with zero attached hydrogens (tertiary/aromatic N) is 2. The van der Waals surface area contributed by atoms with Gasteiger partial charge < -0.3 is 9.88 Å². The largest absolute Gasteiger partial charge is 0.328 e. The van der Waals surface area contributed by atoms with Gasteiger partial charge in [-0.05, 0) is 54.2 Å². The molecule has 0 unspecified atom stereocenters. The first-order chi connectivity index (χ1) is 12.9. The Morgan fingerprint density at radius 2 is 1.81 bits per heavy atom. The van der Waals surface area contributed by atoms with Crippen LogP contribution >= 0.6 is 0 Å². The number of nitrogens with one attached hydrogen (secondary N) is 1. The van der Waals surface area contributed by atoms with Crippen LogP contribution in [0.5, 0.6) is 0 Å². The number of aromatic nitrogens is 2. The molecule has 0 spiro atoms. The van der Waals surface area contributed by atoms with Crippen LogP contribution in [0, 0.1) is 0 Å². The van der Waals surface area contributed by atoms with E-state index in [0.717, 1.165) is 24.2 Å². The average molecular weight is 361 g/mol. The molecule has 4 rings (SSSR count). The average Bonchev–Trinajstić information content (AvgIpc) is 2.81. The molecule has 4 nitrogen and oxygen atoms in total. The zero-order valence-corrected chi connectivity index (χ0v) is 16.4. The standard InChI is InChI=1S/C23H27N3O/c1-23(2,3)17-10-8-16(9-11-17)22(27)24-18-12-13-20-19(15-18)25-21-7-5-4-6-14-26(20)21/h8-13,15H,4-7,14H2,1-3H3,(H,24,27). The summed E-state index contributed by atoms with van der Waals surface area (Å²) >= 11 is 0. The SMILES string of the molecule is CC(C)(C)c1ccc(C(=O)Nc2ccc3c(c2)nc2n3CCCCC2)cc1. The van der Waals surface area contributed by atoms with Gasteiger partial charge in [0, 0.05) is 24.2 Å². The molecule has 0 bridgehead atoms. The first-order valence-corrected chi connectivity index (χ1v) is 9.83. The van der Waals surface area contributed by atoms with Crippen molar-refractivity contribution in [2.24, 2.45) is 0 Å². The predicted molar refractivity (Wildman–Crippen MR) is 110 cm³/mol. The van der Waals surface area contributed by atoms with Crippen LogP contribution in [-0.4, -0.2) is 15.5 Å². The predicted octanol–water partition coefficient (Wildman–Crippen LogP) is 5.31. The van der Waals surface area contributed by atoms with Crippen molar-refractivity contribution >= 4 is 22.6 Å². The number of hydrogen-bond donors (Lipinski definition) is 1. The Morgan fingerprint density at radius 3 is 2.56 bits per heavy atom. The smallest absolute Gasteiger partial charge is 0.255 e. The maximum atomic E-state index is 12.6.